The predicted molar refractivity (Wildman–Crippen MR) is 106 cm³/mol. The Morgan fingerprint density at radius 1 is 1.28 bits per heavy atom. The van der Waals surface area contributed by atoms with Gasteiger partial charge in [0.25, 0.3) is 0 Å². The molecule has 0 saturated carbocycles. The van der Waals surface area contributed by atoms with Crippen LogP contribution in [0, 0.1) is 11.3 Å². The fourth-order valence-corrected chi connectivity index (χ4v) is 3.98. The van der Waals surface area contributed by atoms with E-state index in [2.05, 4.69) is 21.1 Å². The van der Waals surface area contributed by atoms with Gasteiger partial charge in [0, 0.05) is 12.2 Å². The Bertz CT molecular complexity index is 898. The van der Waals surface area contributed by atoms with Gasteiger partial charge in [-0.1, -0.05) is 23.9 Å². The summed E-state index contributed by atoms with van der Waals surface area (Å²) in [5.74, 6) is 0.146. The van der Waals surface area contributed by atoms with Gasteiger partial charge in [-0.25, -0.2) is 4.98 Å². The van der Waals surface area contributed by atoms with E-state index in [9.17, 15) is 18.8 Å². The number of rotatable bonds is 8. The molecule has 1 aromatic heterocycles. The molecule has 29 heavy (non-hydrogen) atoms. The molecular formula is C21H21F2N3O2S. The minimum absolute atomic E-state index is 0.107. The second-order valence-electron chi connectivity index (χ2n) is 6.68. The van der Waals surface area contributed by atoms with Gasteiger partial charge in [-0.3, -0.25) is 4.79 Å². The third-order valence-corrected chi connectivity index (χ3v) is 5.60. The second-order valence-corrected chi connectivity index (χ2v) is 7.64. The summed E-state index contributed by atoms with van der Waals surface area (Å²) in [6, 6.07) is 10.4. The van der Waals surface area contributed by atoms with Crippen LogP contribution >= 0.6 is 11.8 Å². The van der Waals surface area contributed by atoms with Gasteiger partial charge < -0.3 is 10.1 Å². The summed E-state index contributed by atoms with van der Waals surface area (Å²) in [6.45, 7) is -2.42. The number of nitrogens with zero attached hydrogens (tertiary/aromatic N) is 2. The SMILES string of the molecule is N#Cc1cc2c(nc1SCC(=O)NCCc1ccc(OC(F)F)cc1)CCCC2. The summed E-state index contributed by atoms with van der Waals surface area (Å²) in [5, 5.41) is 12.8. The van der Waals surface area contributed by atoms with E-state index in [0.717, 1.165) is 42.5 Å². The van der Waals surface area contributed by atoms with Crippen molar-refractivity contribution >= 4 is 17.7 Å². The molecular weight excluding hydrogens is 396 g/mol. The van der Waals surface area contributed by atoms with Crippen LogP contribution in [-0.2, 0) is 24.1 Å². The molecule has 0 saturated heterocycles. The molecule has 3 rings (SSSR count). The number of pyridine rings is 1. The van der Waals surface area contributed by atoms with Crippen molar-refractivity contribution < 1.29 is 18.3 Å². The monoisotopic (exact) mass is 417 g/mol. The van der Waals surface area contributed by atoms with Crippen molar-refractivity contribution in [3.63, 3.8) is 0 Å². The molecule has 0 atom stereocenters. The van der Waals surface area contributed by atoms with Gasteiger partial charge in [0.15, 0.2) is 0 Å². The largest absolute Gasteiger partial charge is 0.435 e. The van der Waals surface area contributed by atoms with Crippen LogP contribution in [0.2, 0.25) is 0 Å². The lowest BCUT2D eigenvalue weighted by molar-refractivity contribution is -0.118. The summed E-state index contributed by atoms with van der Waals surface area (Å²) in [4.78, 5) is 16.7. The number of benzene rings is 1. The maximum atomic E-state index is 12.1. The molecule has 2 aromatic rings. The number of aryl methyl sites for hydroxylation is 2. The number of halogens is 2. The lowest BCUT2D eigenvalue weighted by atomic mass is 9.95. The summed E-state index contributed by atoms with van der Waals surface area (Å²) >= 11 is 1.27. The highest BCUT2D eigenvalue weighted by atomic mass is 32.2. The molecule has 0 spiro atoms. The van der Waals surface area contributed by atoms with Crippen molar-refractivity contribution in [3.8, 4) is 11.8 Å². The molecule has 1 aliphatic carbocycles. The van der Waals surface area contributed by atoms with Gasteiger partial charge in [0.1, 0.15) is 16.8 Å². The third-order valence-electron chi connectivity index (χ3n) is 4.61. The van der Waals surface area contributed by atoms with Crippen LogP contribution in [0.3, 0.4) is 0 Å². The molecule has 8 heteroatoms. The van der Waals surface area contributed by atoms with Crippen molar-refractivity contribution in [1.29, 1.82) is 5.26 Å². The predicted octanol–water partition coefficient (Wildman–Crippen LogP) is 3.88. The number of carbonyl (C=O) groups excluding carboxylic acids is 1. The van der Waals surface area contributed by atoms with Crippen molar-refractivity contribution in [2.45, 2.75) is 43.7 Å². The zero-order valence-corrected chi connectivity index (χ0v) is 16.6. The lowest BCUT2D eigenvalue weighted by Crippen LogP contribution is -2.27. The smallest absolute Gasteiger partial charge is 0.387 e. The van der Waals surface area contributed by atoms with Crippen molar-refractivity contribution in [3.05, 3.63) is 52.7 Å². The minimum Gasteiger partial charge on any atom is -0.435 e. The molecule has 0 fully saturated rings. The molecule has 1 N–H and O–H groups in total. The number of alkyl halides is 2. The molecule has 0 aliphatic heterocycles. The number of fused-ring (bicyclic) bond motifs is 1. The number of nitrogens with one attached hydrogen (secondary N) is 1. The Labute approximate surface area is 172 Å². The summed E-state index contributed by atoms with van der Waals surface area (Å²) in [7, 11) is 0. The topological polar surface area (TPSA) is 75.0 Å². The first-order valence-corrected chi connectivity index (χ1v) is 10.4. The third kappa shape index (κ3) is 6.16. The zero-order valence-electron chi connectivity index (χ0n) is 15.8. The molecule has 1 aliphatic rings. The molecule has 152 valence electrons. The van der Waals surface area contributed by atoms with E-state index < -0.39 is 6.61 Å². The lowest BCUT2D eigenvalue weighted by Gasteiger charge is -2.16. The van der Waals surface area contributed by atoms with Crippen LogP contribution in [0.5, 0.6) is 5.75 Å². The zero-order chi connectivity index (χ0) is 20.6. The molecule has 5 nitrogen and oxygen atoms in total. The molecule has 1 heterocycles. The van der Waals surface area contributed by atoms with Crippen LogP contribution in [0.1, 0.15) is 35.2 Å². The number of thioether (sulfide) groups is 1. The highest BCUT2D eigenvalue weighted by Crippen LogP contribution is 2.27. The number of hydrogen-bond acceptors (Lipinski definition) is 5. The first-order valence-electron chi connectivity index (χ1n) is 9.41. The van der Waals surface area contributed by atoms with Gasteiger partial charge in [-0.05, 0) is 61.4 Å². The van der Waals surface area contributed by atoms with E-state index in [1.54, 1.807) is 12.1 Å². The molecule has 0 bridgehead atoms. The van der Waals surface area contributed by atoms with Crippen LogP contribution in [0.25, 0.3) is 0 Å². The van der Waals surface area contributed by atoms with E-state index in [4.69, 9.17) is 0 Å². The van der Waals surface area contributed by atoms with Gasteiger partial charge in [0.05, 0.1) is 11.3 Å². The van der Waals surface area contributed by atoms with Crippen molar-refractivity contribution in [2.24, 2.45) is 0 Å². The van der Waals surface area contributed by atoms with E-state index in [0.29, 0.717) is 23.6 Å². The van der Waals surface area contributed by atoms with E-state index >= 15 is 0 Å². The Morgan fingerprint density at radius 2 is 2.03 bits per heavy atom. The maximum Gasteiger partial charge on any atom is 0.387 e. The standard InChI is InChI=1S/C21H21F2N3O2S/c22-21(23)28-17-7-5-14(6-8-17)9-10-25-19(27)13-29-20-16(12-24)11-15-3-1-2-4-18(15)26-20/h5-8,11,21H,1-4,9-10,13H2,(H,25,27). The van der Waals surface area contributed by atoms with Gasteiger partial charge in [0.2, 0.25) is 5.91 Å². The van der Waals surface area contributed by atoms with Gasteiger partial charge in [-0.2, -0.15) is 14.0 Å². The average Bonchev–Trinajstić information content (AvgIpc) is 2.72. The number of aromatic nitrogens is 1. The van der Waals surface area contributed by atoms with Crippen molar-refractivity contribution in [2.75, 3.05) is 12.3 Å². The number of carbonyl (C=O) groups is 1. The van der Waals surface area contributed by atoms with Crippen molar-refractivity contribution in [1.82, 2.24) is 10.3 Å². The first kappa shape index (κ1) is 21.1. The fraction of sp³-hybridized carbons (Fsp3) is 0.381. The second kappa shape index (κ2) is 10.2. The van der Waals surface area contributed by atoms with E-state index in [-0.39, 0.29) is 17.4 Å². The van der Waals surface area contributed by atoms with Gasteiger partial charge >= 0.3 is 6.61 Å². The van der Waals surface area contributed by atoms with Crippen LogP contribution in [-0.4, -0.2) is 29.8 Å². The number of hydrogen-bond donors (Lipinski definition) is 1. The Hall–Kier alpha value is -2.66. The molecule has 0 unspecified atom stereocenters. The highest BCUT2D eigenvalue weighted by Gasteiger charge is 2.16. The van der Waals surface area contributed by atoms with Crippen LogP contribution in [0.15, 0.2) is 35.4 Å². The Morgan fingerprint density at radius 3 is 2.76 bits per heavy atom. The Kier molecular flexibility index (Phi) is 7.42. The number of nitriles is 1. The summed E-state index contributed by atoms with van der Waals surface area (Å²) in [5.41, 5.74) is 3.61. The first-order chi connectivity index (χ1) is 14.0. The van der Waals surface area contributed by atoms with Crippen LogP contribution in [0.4, 0.5) is 8.78 Å². The average molecular weight is 417 g/mol. The summed E-state index contributed by atoms with van der Waals surface area (Å²) in [6.07, 6.45) is 4.67. The fourth-order valence-electron chi connectivity index (χ4n) is 3.17. The normalized spacial score (nSPS) is 12.9. The maximum absolute atomic E-state index is 12.1. The summed E-state index contributed by atoms with van der Waals surface area (Å²) < 4.78 is 28.6. The molecule has 1 amide bonds. The van der Waals surface area contributed by atoms with E-state index in [1.807, 2.05) is 6.07 Å². The quantitative estimate of drug-likeness (QED) is 0.660. The molecule has 0 radical (unpaired) electrons. The van der Waals surface area contributed by atoms with Crippen LogP contribution < -0.4 is 10.1 Å². The number of amides is 1. The Balaban J connectivity index is 1.46. The number of ether oxygens (including phenoxy) is 1. The molecule has 1 aromatic carbocycles. The highest BCUT2D eigenvalue weighted by molar-refractivity contribution is 8.00. The van der Waals surface area contributed by atoms with Gasteiger partial charge in [-0.15, -0.1) is 0 Å². The van der Waals surface area contributed by atoms with E-state index in [1.165, 1.54) is 23.9 Å². The minimum atomic E-state index is -2.84.